The van der Waals surface area contributed by atoms with E-state index in [9.17, 15) is 9.59 Å². The van der Waals surface area contributed by atoms with E-state index in [0.29, 0.717) is 23.7 Å². The van der Waals surface area contributed by atoms with Crippen molar-refractivity contribution in [1.82, 2.24) is 29.1 Å². The Bertz CT molecular complexity index is 1340. The molecular weight excluding hydrogens is 432 g/mol. The van der Waals surface area contributed by atoms with Gasteiger partial charge in [0, 0.05) is 32.5 Å². The van der Waals surface area contributed by atoms with Crippen LogP contribution in [0.2, 0.25) is 0 Å². The van der Waals surface area contributed by atoms with Gasteiger partial charge in [0.15, 0.2) is 11.6 Å². The van der Waals surface area contributed by atoms with Crippen LogP contribution < -0.4 is 15.8 Å². The van der Waals surface area contributed by atoms with E-state index in [1.165, 1.54) is 0 Å². The first kappa shape index (κ1) is 21.6. The van der Waals surface area contributed by atoms with Crippen molar-refractivity contribution in [1.29, 1.82) is 0 Å². The summed E-state index contributed by atoms with van der Waals surface area (Å²) in [7, 11) is 1.81. The molecule has 4 heterocycles. The van der Waals surface area contributed by atoms with Crippen LogP contribution in [0.25, 0.3) is 11.5 Å². The minimum atomic E-state index is -0.256. The van der Waals surface area contributed by atoms with Crippen LogP contribution >= 0.6 is 0 Å². The quantitative estimate of drug-likeness (QED) is 0.492. The Hall–Kier alpha value is -4.21. The minimum Gasteiger partial charge on any atom is -0.354 e. The first-order valence-electron chi connectivity index (χ1n) is 11.2. The Labute approximate surface area is 196 Å². The summed E-state index contributed by atoms with van der Waals surface area (Å²) in [5.74, 6) is 0.997. The van der Waals surface area contributed by atoms with E-state index in [2.05, 4.69) is 25.4 Å². The molecule has 1 N–H and O–H groups in total. The van der Waals surface area contributed by atoms with Gasteiger partial charge < -0.3 is 10.2 Å². The summed E-state index contributed by atoms with van der Waals surface area (Å²) in [4.78, 5) is 32.4. The number of hydrogen-bond donors (Lipinski definition) is 1. The second-order valence-electron chi connectivity index (χ2n) is 8.43. The molecule has 0 aliphatic carbocycles. The maximum Gasteiger partial charge on any atom is 0.295 e. The van der Waals surface area contributed by atoms with E-state index >= 15 is 0 Å². The third-order valence-corrected chi connectivity index (χ3v) is 6.32. The number of rotatable bonds is 5. The van der Waals surface area contributed by atoms with Gasteiger partial charge >= 0.3 is 0 Å². The lowest BCUT2D eigenvalue weighted by atomic mass is 9.97. The fourth-order valence-electron chi connectivity index (χ4n) is 4.36. The van der Waals surface area contributed by atoms with Crippen LogP contribution in [-0.4, -0.2) is 48.1 Å². The maximum absolute atomic E-state index is 13.2. The largest absolute Gasteiger partial charge is 0.354 e. The number of nitrogens with zero attached hydrogens (tertiary/aromatic N) is 7. The number of anilines is 2. The lowest BCUT2D eigenvalue weighted by Crippen LogP contribution is -2.41. The summed E-state index contributed by atoms with van der Waals surface area (Å²) in [5.41, 5.74) is 1.53. The monoisotopic (exact) mass is 458 g/mol. The topological polar surface area (TPSA) is 103 Å². The molecule has 174 valence electrons. The lowest BCUT2D eigenvalue weighted by Gasteiger charge is -2.32. The number of amides is 1. The van der Waals surface area contributed by atoms with Gasteiger partial charge in [-0.15, -0.1) is 10.2 Å². The molecule has 1 saturated heterocycles. The molecule has 10 heteroatoms. The zero-order valence-corrected chi connectivity index (χ0v) is 19.1. The highest BCUT2D eigenvalue weighted by atomic mass is 16.2. The maximum atomic E-state index is 13.2. The molecule has 1 unspecified atom stereocenters. The number of benzene rings is 1. The number of aromatic nitrogens is 6. The van der Waals surface area contributed by atoms with E-state index in [0.717, 1.165) is 30.9 Å². The van der Waals surface area contributed by atoms with Gasteiger partial charge in [-0.2, -0.15) is 0 Å². The van der Waals surface area contributed by atoms with Crippen molar-refractivity contribution in [2.75, 3.05) is 23.3 Å². The number of nitrogens with one attached hydrogen (secondary N) is 1. The molecule has 1 aromatic carbocycles. The lowest BCUT2D eigenvalue weighted by molar-refractivity contribution is -0.120. The molecule has 0 radical (unpaired) electrons. The van der Waals surface area contributed by atoms with Gasteiger partial charge in [0.1, 0.15) is 12.0 Å². The van der Waals surface area contributed by atoms with Crippen molar-refractivity contribution >= 4 is 17.4 Å². The minimum absolute atomic E-state index is 0.154. The molecule has 3 aromatic heterocycles. The van der Waals surface area contributed by atoms with Crippen LogP contribution in [0.3, 0.4) is 0 Å². The molecule has 34 heavy (non-hydrogen) atoms. The highest BCUT2D eigenvalue weighted by molar-refractivity contribution is 5.93. The van der Waals surface area contributed by atoms with Crippen LogP contribution in [-0.2, 0) is 11.8 Å². The standard InChI is InChI=1S/C24H26N8O2/c1-17-22(24(34)32(29(17)2)19-8-4-3-5-9-19)26-23(33)18-7-6-13-30(15-18)20-10-11-21(28-27-20)31-14-12-25-16-31/h3-5,8-12,14,16,18H,6-7,13,15H2,1-2H3,(H,26,33). The molecule has 0 spiro atoms. The van der Waals surface area contributed by atoms with Crippen molar-refractivity contribution in [3.05, 3.63) is 77.2 Å². The average Bonchev–Trinajstić information content (AvgIpc) is 3.49. The van der Waals surface area contributed by atoms with E-state index in [-0.39, 0.29) is 17.4 Å². The summed E-state index contributed by atoms with van der Waals surface area (Å²) in [6.45, 7) is 3.15. The third kappa shape index (κ3) is 3.98. The van der Waals surface area contributed by atoms with Crippen LogP contribution in [0.15, 0.2) is 66.0 Å². The zero-order valence-electron chi connectivity index (χ0n) is 19.1. The van der Waals surface area contributed by atoms with Crippen LogP contribution in [0.4, 0.5) is 11.5 Å². The van der Waals surface area contributed by atoms with Gasteiger partial charge in [-0.1, -0.05) is 18.2 Å². The number of carbonyl (C=O) groups is 1. The second kappa shape index (κ2) is 8.97. The van der Waals surface area contributed by atoms with E-state index in [1.54, 1.807) is 26.5 Å². The Morgan fingerprint density at radius 3 is 2.56 bits per heavy atom. The van der Waals surface area contributed by atoms with Crippen molar-refractivity contribution in [3.8, 4) is 11.5 Å². The Morgan fingerprint density at radius 2 is 1.85 bits per heavy atom. The van der Waals surface area contributed by atoms with Crippen molar-refractivity contribution in [2.45, 2.75) is 19.8 Å². The second-order valence-corrected chi connectivity index (χ2v) is 8.43. The zero-order chi connectivity index (χ0) is 23.7. The molecule has 1 aliphatic rings. The summed E-state index contributed by atoms with van der Waals surface area (Å²) in [5, 5.41) is 11.5. The van der Waals surface area contributed by atoms with Crippen molar-refractivity contribution in [3.63, 3.8) is 0 Å². The molecule has 4 aromatic rings. The van der Waals surface area contributed by atoms with Gasteiger partial charge in [0.25, 0.3) is 5.56 Å². The predicted molar refractivity (Wildman–Crippen MR) is 128 cm³/mol. The number of carbonyl (C=O) groups excluding carboxylic acids is 1. The number of hydrogen-bond acceptors (Lipinski definition) is 6. The Balaban J connectivity index is 1.32. The highest BCUT2D eigenvalue weighted by Gasteiger charge is 2.28. The Kier molecular flexibility index (Phi) is 5.70. The van der Waals surface area contributed by atoms with Crippen LogP contribution in [0.1, 0.15) is 18.5 Å². The van der Waals surface area contributed by atoms with Gasteiger partial charge in [-0.3, -0.25) is 18.8 Å². The normalized spacial score (nSPS) is 15.9. The van der Waals surface area contributed by atoms with Gasteiger partial charge in [-0.05, 0) is 44.0 Å². The first-order chi connectivity index (χ1) is 16.5. The van der Waals surface area contributed by atoms with Gasteiger partial charge in [0.2, 0.25) is 5.91 Å². The molecule has 1 fully saturated rings. The fraction of sp³-hybridized carbons (Fsp3) is 0.292. The number of para-hydroxylation sites is 1. The van der Waals surface area contributed by atoms with Crippen molar-refractivity contribution in [2.24, 2.45) is 13.0 Å². The molecule has 1 aliphatic heterocycles. The molecule has 0 saturated carbocycles. The third-order valence-electron chi connectivity index (χ3n) is 6.32. The number of piperidine rings is 1. The molecule has 5 rings (SSSR count). The van der Waals surface area contributed by atoms with Gasteiger partial charge in [0.05, 0.1) is 17.3 Å². The molecule has 10 nitrogen and oxygen atoms in total. The van der Waals surface area contributed by atoms with E-state index < -0.39 is 0 Å². The highest BCUT2D eigenvalue weighted by Crippen LogP contribution is 2.23. The smallest absolute Gasteiger partial charge is 0.295 e. The molecule has 1 amide bonds. The van der Waals surface area contributed by atoms with E-state index in [1.807, 2.05) is 62.6 Å². The van der Waals surface area contributed by atoms with Gasteiger partial charge in [-0.25, -0.2) is 9.67 Å². The average molecular weight is 459 g/mol. The SMILES string of the molecule is Cc1c(NC(=O)C2CCCN(c3ccc(-n4ccnc4)nn3)C2)c(=O)n(-c2ccccc2)n1C. The molecular formula is C24H26N8O2. The first-order valence-corrected chi connectivity index (χ1v) is 11.2. The molecule has 1 atom stereocenters. The summed E-state index contributed by atoms with van der Waals surface area (Å²) in [6.07, 6.45) is 6.77. The molecule has 0 bridgehead atoms. The van der Waals surface area contributed by atoms with E-state index in [4.69, 9.17) is 0 Å². The van der Waals surface area contributed by atoms with Crippen LogP contribution in [0.5, 0.6) is 0 Å². The van der Waals surface area contributed by atoms with Crippen LogP contribution in [0, 0.1) is 12.8 Å². The number of imidazole rings is 1. The Morgan fingerprint density at radius 1 is 1.09 bits per heavy atom. The summed E-state index contributed by atoms with van der Waals surface area (Å²) < 4.78 is 5.11. The fourth-order valence-corrected chi connectivity index (χ4v) is 4.36. The van der Waals surface area contributed by atoms with Crippen molar-refractivity contribution < 1.29 is 4.79 Å². The summed E-state index contributed by atoms with van der Waals surface area (Å²) >= 11 is 0. The predicted octanol–water partition coefficient (Wildman–Crippen LogP) is 2.32. The summed E-state index contributed by atoms with van der Waals surface area (Å²) in [6, 6.07) is 13.2.